The number of nitrogens with zero attached hydrogens (tertiary/aromatic N) is 1. The van der Waals surface area contributed by atoms with Crippen LogP contribution in [0.4, 0.5) is 0 Å². The predicted octanol–water partition coefficient (Wildman–Crippen LogP) is 6.20. The summed E-state index contributed by atoms with van der Waals surface area (Å²) in [5.74, 6) is 0.835. The molecular formula is C20H14ClNOS. The van der Waals surface area contributed by atoms with Crippen molar-refractivity contribution in [3.05, 3.63) is 83.4 Å². The number of aromatic nitrogens is 1. The average Bonchev–Trinajstić information content (AvgIpc) is 3.06. The summed E-state index contributed by atoms with van der Waals surface area (Å²) in [6, 6.07) is 23.9. The van der Waals surface area contributed by atoms with Gasteiger partial charge in [-0.2, -0.15) is 0 Å². The van der Waals surface area contributed by atoms with Crippen LogP contribution in [0.15, 0.2) is 72.8 Å². The minimum absolute atomic E-state index is 0.514. The Labute approximate surface area is 149 Å². The van der Waals surface area contributed by atoms with Crippen molar-refractivity contribution in [1.29, 1.82) is 0 Å². The lowest BCUT2D eigenvalue weighted by molar-refractivity contribution is 0.306. The first-order valence-electron chi connectivity index (χ1n) is 7.61. The molecule has 0 saturated carbocycles. The van der Waals surface area contributed by atoms with Gasteiger partial charge in [0.15, 0.2) is 0 Å². The van der Waals surface area contributed by atoms with E-state index in [4.69, 9.17) is 21.3 Å². The zero-order chi connectivity index (χ0) is 16.4. The maximum atomic E-state index is 5.90. The molecule has 0 unspecified atom stereocenters. The lowest BCUT2D eigenvalue weighted by atomic mass is 10.2. The van der Waals surface area contributed by atoms with E-state index >= 15 is 0 Å². The van der Waals surface area contributed by atoms with Crippen molar-refractivity contribution in [3.63, 3.8) is 0 Å². The molecule has 0 aliphatic rings. The Morgan fingerprint density at radius 3 is 2.58 bits per heavy atom. The van der Waals surface area contributed by atoms with Crippen LogP contribution in [0.2, 0.25) is 5.02 Å². The van der Waals surface area contributed by atoms with Crippen LogP contribution >= 0.6 is 22.9 Å². The van der Waals surface area contributed by atoms with Gasteiger partial charge in [-0.1, -0.05) is 48.0 Å². The molecule has 0 bridgehead atoms. The Morgan fingerprint density at radius 2 is 1.75 bits per heavy atom. The summed E-state index contributed by atoms with van der Waals surface area (Å²) in [5, 5.41) is 1.74. The molecule has 0 fully saturated rings. The van der Waals surface area contributed by atoms with Crippen LogP contribution in [0.25, 0.3) is 20.8 Å². The quantitative estimate of drug-likeness (QED) is 0.437. The maximum absolute atomic E-state index is 5.90. The predicted molar refractivity (Wildman–Crippen MR) is 101 cm³/mol. The van der Waals surface area contributed by atoms with E-state index in [0.717, 1.165) is 32.4 Å². The molecule has 1 aromatic heterocycles. The van der Waals surface area contributed by atoms with Gasteiger partial charge in [0.25, 0.3) is 0 Å². The lowest BCUT2D eigenvalue weighted by Crippen LogP contribution is -1.95. The third kappa shape index (κ3) is 3.28. The van der Waals surface area contributed by atoms with Crippen LogP contribution in [-0.2, 0) is 6.61 Å². The minimum Gasteiger partial charge on any atom is -0.489 e. The second kappa shape index (κ2) is 6.63. The van der Waals surface area contributed by atoms with Gasteiger partial charge < -0.3 is 4.74 Å². The number of halogens is 1. The molecule has 2 nitrogen and oxygen atoms in total. The average molecular weight is 352 g/mol. The van der Waals surface area contributed by atoms with E-state index in [-0.39, 0.29) is 0 Å². The molecule has 0 spiro atoms. The molecule has 0 aliphatic carbocycles. The molecule has 4 aromatic rings. The van der Waals surface area contributed by atoms with Gasteiger partial charge in [-0.25, -0.2) is 4.98 Å². The summed E-state index contributed by atoms with van der Waals surface area (Å²) >= 11 is 7.60. The fraction of sp³-hybridized carbons (Fsp3) is 0.0500. The molecule has 118 valence electrons. The first-order chi connectivity index (χ1) is 11.8. The lowest BCUT2D eigenvalue weighted by Gasteiger charge is -2.07. The number of ether oxygens (including phenoxy) is 1. The fourth-order valence-electron chi connectivity index (χ4n) is 2.46. The highest BCUT2D eigenvalue weighted by Gasteiger charge is 2.07. The van der Waals surface area contributed by atoms with Crippen molar-refractivity contribution < 1.29 is 4.74 Å². The number of thiazole rings is 1. The van der Waals surface area contributed by atoms with E-state index < -0.39 is 0 Å². The molecule has 0 atom stereocenters. The summed E-state index contributed by atoms with van der Waals surface area (Å²) in [5.41, 5.74) is 3.19. The van der Waals surface area contributed by atoms with Crippen LogP contribution in [0.5, 0.6) is 5.75 Å². The van der Waals surface area contributed by atoms with E-state index in [0.29, 0.717) is 6.61 Å². The van der Waals surface area contributed by atoms with E-state index in [1.165, 1.54) is 4.70 Å². The van der Waals surface area contributed by atoms with Crippen LogP contribution in [0, 0.1) is 0 Å². The van der Waals surface area contributed by atoms with Crippen molar-refractivity contribution in [2.24, 2.45) is 0 Å². The second-order valence-corrected chi connectivity index (χ2v) is 6.90. The van der Waals surface area contributed by atoms with Crippen molar-refractivity contribution in [2.45, 2.75) is 6.61 Å². The van der Waals surface area contributed by atoms with Gasteiger partial charge >= 0.3 is 0 Å². The van der Waals surface area contributed by atoms with Gasteiger partial charge in [0.1, 0.15) is 17.4 Å². The van der Waals surface area contributed by atoms with Crippen LogP contribution in [0.1, 0.15) is 5.56 Å². The molecule has 0 radical (unpaired) electrons. The van der Waals surface area contributed by atoms with E-state index in [2.05, 4.69) is 12.1 Å². The Bertz CT molecular complexity index is 945. The first-order valence-corrected chi connectivity index (χ1v) is 8.81. The molecule has 0 N–H and O–H groups in total. The molecule has 4 rings (SSSR count). The van der Waals surface area contributed by atoms with Gasteiger partial charge in [-0.3, -0.25) is 0 Å². The van der Waals surface area contributed by atoms with Crippen molar-refractivity contribution >= 4 is 33.2 Å². The summed E-state index contributed by atoms with van der Waals surface area (Å²) in [6.07, 6.45) is 0. The van der Waals surface area contributed by atoms with Gasteiger partial charge in [0.2, 0.25) is 0 Å². The van der Waals surface area contributed by atoms with Crippen molar-refractivity contribution in [2.75, 3.05) is 0 Å². The standard InChI is InChI=1S/C20H14ClNOS/c21-16-10-8-14(9-11-16)13-23-17-5-3-4-15(12-17)20-22-18-6-1-2-7-19(18)24-20/h1-12H,13H2. The number of rotatable bonds is 4. The molecule has 24 heavy (non-hydrogen) atoms. The Kier molecular flexibility index (Phi) is 4.20. The zero-order valence-electron chi connectivity index (χ0n) is 12.8. The van der Waals surface area contributed by atoms with Crippen LogP contribution < -0.4 is 4.74 Å². The summed E-state index contributed by atoms with van der Waals surface area (Å²) in [4.78, 5) is 4.70. The molecule has 4 heteroatoms. The molecule has 3 aromatic carbocycles. The SMILES string of the molecule is Clc1ccc(COc2cccc(-c3nc4ccccc4s3)c2)cc1. The number of benzene rings is 3. The second-order valence-electron chi connectivity index (χ2n) is 5.43. The molecule has 0 aliphatic heterocycles. The highest BCUT2D eigenvalue weighted by atomic mass is 35.5. The van der Waals surface area contributed by atoms with Gasteiger partial charge in [0, 0.05) is 10.6 Å². The normalized spacial score (nSPS) is 10.9. The topological polar surface area (TPSA) is 22.1 Å². The number of para-hydroxylation sites is 1. The number of hydrogen-bond acceptors (Lipinski definition) is 3. The summed E-state index contributed by atoms with van der Waals surface area (Å²) < 4.78 is 7.10. The van der Waals surface area contributed by atoms with E-state index in [9.17, 15) is 0 Å². The van der Waals surface area contributed by atoms with E-state index in [1.54, 1.807) is 11.3 Å². The van der Waals surface area contributed by atoms with Gasteiger partial charge in [-0.15, -0.1) is 11.3 Å². The highest BCUT2D eigenvalue weighted by molar-refractivity contribution is 7.21. The smallest absolute Gasteiger partial charge is 0.124 e. The molecule has 1 heterocycles. The van der Waals surface area contributed by atoms with Gasteiger partial charge in [-0.05, 0) is 42.0 Å². The first kappa shape index (κ1) is 15.2. The summed E-state index contributed by atoms with van der Waals surface area (Å²) in [6.45, 7) is 0.514. The Hall–Kier alpha value is -2.36. The summed E-state index contributed by atoms with van der Waals surface area (Å²) in [7, 11) is 0. The van der Waals surface area contributed by atoms with Crippen LogP contribution in [0.3, 0.4) is 0 Å². The Balaban J connectivity index is 1.55. The third-order valence-electron chi connectivity index (χ3n) is 3.69. The molecular weight excluding hydrogens is 338 g/mol. The monoisotopic (exact) mass is 351 g/mol. The molecule has 0 saturated heterocycles. The number of hydrogen-bond donors (Lipinski definition) is 0. The van der Waals surface area contributed by atoms with Crippen LogP contribution in [-0.4, -0.2) is 4.98 Å². The van der Waals surface area contributed by atoms with Crippen molar-refractivity contribution in [1.82, 2.24) is 4.98 Å². The third-order valence-corrected chi connectivity index (χ3v) is 5.03. The molecule has 0 amide bonds. The number of fused-ring (bicyclic) bond motifs is 1. The van der Waals surface area contributed by atoms with Crippen molar-refractivity contribution in [3.8, 4) is 16.3 Å². The largest absolute Gasteiger partial charge is 0.489 e. The fourth-order valence-corrected chi connectivity index (χ4v) is 3.55. The minimum atomic E-state index is 0.514. The van der Waals surface area contributed by atoms with Gasteiger partial charge in [0.05, 0.1) is 10.2 Å². The highest BCUT2D eigenvalue weighted by Crippen LogP contribution is 2.31. The maximum Gasteiger partial charge on any atom is 0.124 e. The van der Waals surface area contributed by atoms with E-state index in [1.807, 2.05) is 60.7 Å². The zero-order valence-corrected chi connectivity index (χ0v) is 14.3. The Morgan fingerprint density at radius 1 is 0.917 bits per heavy atom.